The molecule has 0 spiro atoms. The Morgan fingerprint density at radius 2 is 1.88 bits per heavy atom. The first kappa shape index (κ1) is 30.1. The van der Waals surface area contributed by atoms with Crippen molar-refractivity contribution in [3.8, 4) is 22.6 Å². The molecule has 43 heavy (non-hydrogen) atoms. The monoisotopic (exact) mass is 586 g/mol. The lowest BCUT2D eigenvalue weighted by atomic mass is 9.90. The molecule has 2 aromatic carbocycles. The van der Waals surface area contributed by atoms with Gasteiger partial charge in [-0.25, -0.2) is 0 Å². The first-order chi connectivity index (χ1) is 20.9. The van der Waals surface area contributed by atoms with Gasteiger partial charge in [-0.2, -0.15) is 0 Å². The predicted octanol–water partition coefficient (Wildman–Crippen LogP) is 3.39. The molecule has 0 fully saturated rings. The van der Waals surface area contributed by atoms with Gasteiger partial charge >= 0.3 is 0 Å². The molecule has 5 rings (SSSR count). The van der Waals surface area contributed by atoms with Crippen LogP contribution in [0.15, 0.2) is 53.4 Å². The summed E-state index contributed by atoms with van der Waals surface area (Å²) in [6.45, 7) is 11.7. The van der Waals surface area contributed by atoms with Gasteiger partial charge in [-0.15, -0.1) is 5.10 Å². The topological polar surface area (TPSA) is 109 Å². The van der Waals surface area contributed by atoms with Gasteiger partial charge in [0.05, 0.1) is 25.0 Å². The highest BCUT2D eigenvalue weighted by Crippen LogP contribution is 2.45. The first-order valence-corrected chi connectivity index (χ1v) is 15.0. The number of nitrogens with zero attached hydrogens (tertiary/aromatic N) is 6. The van der Waals surface area contributed by atoms with Gasteiger partial charge in [-0.1, -0.05) is 37.3 Å². The van der Waals surface area contributed by atoms with E-state index < -0.39 is 0 Å². The van der Waals surface area contributed by atoms with Gasteiger partial charge in [0.2, 0.25) is 5.91 Å². The number of fused-ring (bicyclic) bond motifs is 3. The highest BCUT2D eigenvalue weighted by Gasteiger charge is 2.25. The van der Waals surface area contributed by atoms with Crippen LogP contribution in [-0.4, -0.2) is 78.4 Å². The third kappa shape index (κ3) is 7.53. The van der Waals surface area contributed by atoms with E-state index in [1.165, 1.54) is 29.3 Å². The average Bonchev–Trinajstić information content (AvgIpc) is 3.46. The fraction of sp³-hybridized carbons (Fsp3) is 0.438. The zero-order chi connectivity index (χ0) is 30.2. The molecular formula is C32H42N8O3. The standard InChI is InChI=1S/C32H42N8O3/c1-5-24-8-7-9-28-29-17-31(43-22-27-20-40(37-36-27)15-12-34-23(3)41)30(16-25(29)18-38(4)32(24)28)42-21-26-19-39(14-11-35-26)13-10-33-6-2/h7-9,11,16-17,19-20,33H,5-6,10,12-15,18,21-22H2,1-4H3,(H,34,41). The van der Waals surface area contributed by atoms with E-state index >= 15 is 0 Å². The maximum Gasteiger partial charge on any atom is 0.216 e. The minimum absolute atomic E-state index is 0.0710. The van der Waals surface area contributed by atoms with Crippen LogP contribution >= 0.6 is 0 Å². The zero-order valence-electron chi connectivity index (χ0n) is 25.6. The summed E-state index contributed by atoms with van der Waals surface area (Å²) in [5.74, 6) is 1.24. The van der Waals surface area contributed by atoms with Crippen LogP contribution < -0.4 is 25.0 Å². The minimum atomic E-state index is -0.0710. The second-order valence-corrected chi connectivity index (χ2v) is 10.8. The van der Waals surface area contributed by atoms with Crippen molar-refractivity contribution >= 4 is 17.8 Å². The maximum atomic E-state index is 11.2. The van der Waals surface area contributed by atoms with E-state index in [1.807, 2.05) is 12.4 Å². The molecule has 11 nitrogen and oxygen atoms in total. The molecule has 0 atom stereocenters. The number of carbonyl (C=O) groups is 1. The van der Waals surface area contributed by atoms with Crippen LogP contribution in [0.25, 0.3) is 11.1 Å². The molecule has 0 radical (unpaired) electrons. The third-order valence-corrected chi connectivity index (χ3v) is 7.53. The van der Waals surface area contributed by atoms with Crippen molar-refractivity contribution in [2.75, 3.05) is 51.3 Å². The summed E-state index contributed by atoms with van der Waals surface area (Å²) < 4.78 is 14.5. The highest BCUT2D eigenvalue weighted by atomic mass is 16.5. The lowest BCUT2D eigenvalue weighted by Crippen LogP contribution is -2.31. The van der Waals surface area contributed by atoms with Crippen molar-refractivity contribution in [3.05, 3.63) is 65.2 Å². The Bertz CT molecular complexity index is 1480. The van der Waals surface area contributed by atoms with E-state index in [-0.39, 0.29) is 12.5 Å². The Morgan fingerprint density at radius 3 is 2.70 bits per heavy atom. The molecule has 2 aliphatic heterocycles. The van der Waals surface area contributed by atoms with Crippen molar-refractivity contribution in [1.82, 2.24) is 30.5 Å². The van der Waals surface area contributed by atoms with Gasteiger partial charge in [-0.3, -0.25) is 14.5 Å². The highest BCUT2D eigenvalue weighted by molar-refractivity contribution is 5.87. The summed E-state index contributed by atoms with van der Waals surface area (Å²) in [5.41, 5.74) is 7.67. The molecule has 11 heteroatoms. The molecule has 1 amide bonds. The van der Waals surface area contributed by atoms with Gasteiger partial charge in [-0.05, 0) is 41.8 Å². The van der Waals surface area contributed by atoms with Crippen LogP contribution in [0.5, 0.6) is 11.5 Å². The number of aromatic nitrogens is 3. The Kier molecular flexibility index (Phi) is 9.93. The lowest BCUT2D eigenvalue weighted by molar-refractivity contribution is -0.118. The summed E-state index contributed by atoms with van der Waals surface area (Å²) in [6.07, 6.45) is 6.81. The van der Waals surface area contributed by atoms with Gasteiger partial charge in [0.1, 0.15) is 18.9 Å². The SMILES string of the molecule is CCNCCN1C=C(COc2cc3c(cc2OCc2cn(CCNC(C)=O)nn2)-c2cccc(CC)c2N(C)C3)N=CC1. The van der Waals surface area contributed by atoms with Crippen molar-refractivity contribution in [3.63, 3.8) is 0 Å². The third-order valence-electron chi connectivity index (χ3n) is 7.53. The quantitative estimate of drug-likeness (QED) is 0.277. The smallest absolute Gasteiger partial charge is 0.216 e. The molecule has 228 valence electrons. The van der Waals surface area contributed by atoms with E-state index in [0.29, 0.717) is 36.9 Å². The van der Waals surface area contributed by atoms with E-state index in [4.69, 9.17) is 9.47 Å². The van der Waals surface area contributed by atoms with Crippen LogP contribution in [0.4, 0.5) is 5.69 Å². The number of nitrogens with one attached hydrogen (secondary N) is 2. The second-order valence-electron chi connectivity index (χ2n) is 10.8. The Balaban J connectivity index is 1.38. The molecule has 0 saturated carbocycles. The minimum Gasteiger partial charge on any atom is -0.483 e. The number of likely N-dealkylation sites (N-methyl/N-ethyl adjacent to an activating group) is 1. The van der Waals surface area contributed by atoms with Crippen molar-refractivity contribution in [2.24, 2.45) is 4.99 Å². The van der Waals surface area contributed by atoms with Crippen LogP contribution in [0.2, 0.25) is 0 Å². The van der Waals surface area contributed by atoms with E-state index in [1.54, 1.807) is 4.68 Å². The summed E-state index contributed by atoms with van der Waals surface area (Å²) in [5, 5.41) is 14.6. The van der Waals surface area contributed by atoms with Crippen LogP contribution in [0.3, 0.4) is 0 Å². The van der Waals surface area contributed by atoms with Gasteiger partial charge < -0.3 is 29.9 Å². The maximum absolute atomic E-state index is 11.2. The van der Waals surface area contributed by atoms with E-state index in [0.717, 1.165) is 50.4 Å². The summed E-state index contributed by atoms with van der Waals surface area (Å²) >= 11 is 0. The van der Waals surface area contributed by atoms with Crippen molar-refractivity contribution < 1.29 is 14.3 Å². The fourth-order valence-corrected chi connectivity index (χ4v) is 5.44. The number of hydrogen-bond donors (Lipinski definition) is 2. The number of aliphatic imine (C=N–C) groups is 1. The number of amides is 1. The molecule has 0 bridgehead atoms. The molecule has 0 aliphatic carbocycles. The summed E-state index contributed by atoms with van der Waals surface area (Å²) in [4.78, 5) is 20.3. The predicted molar refractivity (Wildman–Crippen MR) is 169 cm³/mol. The average molecular weight is 587 g/mol. The second kappa shape index (κ2) is 14.2. The first-order valence-electron chi connectivity index (χ1n) is 15.0. The molecule has 1 aromatic heterocycles. The number of rotatable bonds is 14. The van der Waals surface area contributed by atoms with Gasteiger partial charge in [0.15, 0.2) is 11.5 Å². The lowest BCUT2D eigenvalue weighted by Gasteiger charge is -2.32. The number of hydrogen-bond acceptors (Lipinski definition) is 9. The van der Waals surface area contributed by atoms with Crippen LogP contribution in [-0.2, 0) is 30.9 Å². The number of carbonyl (C=O) groups excluding carboxylic acids is 1. The Hall–Kier alpha value is -4.38. The largest absolute Gasteiger partial charge is 0.483 e. The van der Waals surface area contributed by atoms with E-state index in [2.05, 4.69) is 93.2 Å². The number of para-hydroxylation sites is 1. The number of aryl methyl sites for hydroxylation is 1. The number of benzene rings is 2. The molecule has 0 unspecified atom stereocenters. The fourth-order valence-electron chi connectivity index (χ4n) is 5.44. The molecule has 2 aliphatic rings. The van der Waals surface area contributed by atoms with Crippen LogP contribution in [0.1, 0.15) is 37.6 Å². The van der Waals surface area contributed by atoms with Crippen molar-refractivity contribution in [2.45, 2.75) is 46.9 Å². The molecular weight excluding hydrogens is 544 g/mol. The van der Waals surface area contributed by atoms with Gasteiger partial charge in [0.25, 0.3) is 0 Å². The van der Waals surface area contributed by atoms with E-state index in [9.17, 15) is 4.79 Å². The number of anilines is 1. The van der Waals surface area contributed by atoms with Crippen LogP contribution in [0, 0.1) is 0 Å². The zero-order valence-corrected chi connectivity index (χ0v) is 25.6. The Morgan fingerprint density at radius 1 is 1.05 bits per heavy atom. The molecule has 2 N–H and O–H groups in total. The normalized spacial score (nSPS) is 13.8. The molecule has 3 aromatic rings. The molecule has 0 saturated heterocycles. The van der Waals surface area contributed by atoms with Crippen molar-refractivity contribution in [1.29, 1.82) is 0 Å². The van der Waals surface area contributed by atoms with Gasteiger partial charge in [0, 0.05) is 63.8 Å². The summed E-state index contributed by atoms with van der Waals surface area (Å²) in [7, 11) is 2.14. The Labute approximate surface area is 253 Å². The number of ether oxygens (including phenoxy) is 2. The summed E-state index contributed by atoms with van der Waals surface area (Å²) in [6, 6.07) is 10.7. The molecule has 3 heterocycles.